The zero-order valence-corrected chi connectivity index (χ0v) is 26.5. The van der Waals surface area contributed by atoms with Crippen molar-refractivity contribution >= 4 is 39.6 Å². The van der Waals surface area contributed by atoms with Gasteiger partial charge in [0.05, 0.1) is 13.3 Å². The van der Waals surface area contributed by atoms with Gasteiger partial charge in [0.2, 0.25) is 0 Å². The van der Waals surface area contributed by atoms with Gasteiger partial charge < -0.3 is 28.5 Å². The Labute approximate surface area is 268 Å². The van der Waals surface area contributed by atoms with Gasteiger partial charge in [-0.15, -0.1) is 0 Å². The third kappa shape index (κ3) is 8.01. The van der Waals surface area contributed by atoms with Crippen molar-refractivity contribution < 1.29 is 28.2 Å². The summed E-state index contributed by atoms with van der Waals surface area (Å²) in [6.07, 6.45) is 1.45. The highest BCUT2D eigenvalue weighted by molar-refractivity contribution is 9.10. The Morgan fingerprint density at radius 2 is 1.64 bits per heavy atom. The number of carbonyl (C=O) groups excluding carboxylic acids is 2. The number of anilines is 1. The number of para-hydroxylation sites is 1. The average molecular weight is 672 g/mol. The first kappa shape index (κ1) is 31.1. The smallest absolute Gasteiger partial charge is 0.307 e. The first-order valence-corrected chi connectivity index (χ1v) is 14.8. The highest BCUT2D eigenvalue weighted by Crippen LogP contribution is 2.33. The van der Waals surface area contributed by atoms with E-state index in [4.69, 9.17) is 18.6 Å². The third-order valence-electron chi connectivity index (χ3n) is 6.70. The number of carbonyl (C=O) groups is 2. The van der Waals surface area contributed by atoms with Gasteiger partial charge in [-0.2, -0.15) is 5.10 Å². The zero-order chi connectivity index (χ0) is 31.8. The van der Waals surface area contributed by atoms with Crippen molar-refractivity contribution in [1.82, 2.24) is 9.99 Å². The fraction of sp³-hybridized carbons (Fsp3) is 0.147. The van der Waals surface area contributed by atoms with Gasteiger partial charge in [0.15, 0.2) is 23.9 Å². The molecule has 0 unspecified atom stereocenters. The monoisotopic (exact) mass is 670 g/mol. The van der Waals surface area contributed by atoms with Gasteiger partial charge in [-0.1, -0.05) is 18.2 Å². The molecule has 11 heteroatoms. The van der Waals surface area contributed by atoms with Crippen LogP contribution in [-0.4, -0.2) is 36.3 Å². The van der Waals surface area contributed by atoms with Crippen molar-refractivity contribution in [2.45, 2.75) is 20.5 Å². The minimum atomic E-state index is -0.521. The minimum Gasteiger partial charge on any atom is -0.493 e. The van der Waals surface area contributed by atoms with Gasteiger partial charge >= 0.3 is 5.91 Å². The number of aryl methyl sites for hydroxylation is 2. The van der Waals surface area contributed by atoms with Crippen molar-refractivity contribution in [3.63, 3.8) is 0 Å². The Hall–Kier alpha value is -5.29. The van der Waals surface area contributed by atoms with E-state index in [9.17, 15) is 9.59 Å². The van der Waals surface area contributed by atoms with E-state index >= 15 is 0 Å². The van der Waals surface area contributed by atoms with Crippen LogP contribution in [0, 0.1) is 13.8 Å². The van der Waals surface area contributed by atoms with Gasteiger partial charge in [0.1, 0.15) is 18.1 Å². The lowest BCUT2D eigenvalue weighted by atomic mass is 10.2. The summed E-state index contributed by atoms with van der Waals surface area (Å²) >= 11 is 3.47. The third-order valence-corrected chi connectivity index (χ3v) is 7.39. The second-order valence-electron chi connectivity index (χ2n) is 9.93. The van der Waals surface area contributed by atoms with Crippen molar-refractivity contribution in [2.24, 2.45) is 5.10 Å². The lowest BCUT2D eigenvalue weighted by Gasteiger charge is -2.12. The molecule has 2 amide bonds. The number of methoxy groups -OCH3 is 1. The summed E-state index contributed by atoms with van der Waals surface area (Å²) in [5.74, 6) is 1.18. The Bertz CT molecular complexity index is 1790. The van der Waals surface area contributed by atoms with E-state index in [0.717, 1.165) is 17.1 Å². The number of amides is 2. The number of nitrogens with zero attached hydrogens (tertiary/aromatic N) is 2. The Morgan fingerprint density at radius 1 is 0.911 bits per heavy atom. The summed E-state index contributed by atoms with van der Waals surface area (Å²) in [6.45, 7) is 4.08. The standard InChI is InChI=1S/C34H31BrN4O6/c1-22-9-10-23(2)39(22)26-11-13-27(14-12-26)43-20-28-15-16-30(45-28)34(41)38-36-19-24-17-31(42-3)32(18-29(24)35)44-21-33(40)37-25-7-5-4-6-8-25/h4-19H,20-21H2,1-3H3,(H,37,40)(H,38,41)/b36-19+. The highest BCUT2D eigenvalue weighted by Gasteiger charge is 2.14. The molecule has 5 aromatic rings. The highest BCUT2D eigenvalue weighted by atomic mass is 79.9. The molecule has 0 spiro atoms. The first-order valence-electron chi connectivity index (χ1n) is 14.0. The number of hydrazone groups is 1. The summed E-state index contributed by atoms with van der Waals surface area (Å²) in [6, 6.07) is 27.6. The van der Waals surface area contributed by atoms with Crippen LogP contribution in [0.1, 0.15) is 33.3 Å². The summed E-state index contributed by atoms with van der Waals surface area (Å²) in [4.78, 5) is 24.9. The number of halogens is 1. The van der Waals surface area contributed by atoms with Crippen LogP contribution in [0.4, 0.5) is 5.69 Å². The fourth-order valence-electron chi connectivity index (χ4n) is 4.50. The van der Waals surface area contributed by atoms with Gasteiger partial charge in [0, 0.05) is 32.8 Å². The number of rotatable bonds is 12. The Kier molecular flexibility index (Phi) is 10.0. The maximum atomic E-state index is 12.6. The molecule has 0 atom stereocenters. The molecule has 2 heterocycles. The SMILES string of the molecule is COc1cc(/C=N/NC(=O)c2ccc(COc3ccc(-n4c(C)ccc4C)cc3)o2)c(Br)cc1OCC(=O)Nc1ccccc1. The molecule has 0 saturated heterocycles. The molecule has 0 aliphatic heterocycles. The molecule has 3 aromatic carbocycles. The maximum absolute atomic E-state index is 12.6. The molecule has 0 saturated carbocycles. The average Bonchev–Trinajstić information content (AvgIpc) is 3.66. The fourth-order valence-corrected chi connectivity index (χ4v) is 4.92. The van der Waals surface area contributed by atoms with E-state index in [-0.39, 0.29) is 24.9 Å². The largest absolute Gasteiger partial charge is 0.493 e. The van der Waals surface area contributed by atoms with Crippen LogP contribution in [0.25, 0.3) is 5.69 Å². The van der Waals surface area contributed by atoms with Crippen LogP contribution >= 0.6 is 15.9 Å². The van der Waals surface area contributed by atoms with E-state index in [1.165, 1.54) is 13.3 Å². The van der Waals surface area contributed by atoms with Gasteiger partial charge in [0.25, 0.3) is 5.91 Å². The van der Waals surface area contributed by atoms with Crippen molar-refractivity contribution in [3.05, 3.63) is 124 Å². The second kappa shape index (κ2) is 14.5. The molecular weight excluding hydrogens is 640 g/mol. The Morgan fingerprint density at radius 3 is 2.36 bits per heavy atom. The molecule has 10 nitrogen and oxygen atoms in total. The summed E-state index contributed by atoms with van der Waals surface area (Å²) < 4.78 is 25.4. The van der Waals surface area contributed by atoms with E-state index < -0.39 is 5.91 Å². The number of ether oxygens (including phenoxy) is 3. The normalized spacial score (nSPS) is 10.9. The van der Waals surface area contributed by atoms with E-state index in [2.05, 4.69) is 62.3 Å². The predicted molar refractivity (Wildman–Crippen MR) is 175 cm³/mol. The summed E-state index contributed by atoms with van der Waals surface area (Å²) in [5.41, 5.74) is 7.10. The number of furan rings is 1. The maximum Gasteiger partial charge on any atom is 0.307 e. The number of aromatic nitrogens is 1. The molecule has 230 valence electrons. The van der Waals surface area contributed by atoms with E-state index in [1.807, 2.05) is 42.5 Å². The lowest BCUT2D eigenvalue weighted by molar-refractivity contribution is -0.118. The number of hydrogen-bond acceptors (Lipinski definition) is 7. The Balaban J connectivity index is 1.12. The molecule has 0 fully saturated rings. The van der Waals surface area contributed by atoms with Gasteiger partial charge in [-0.3, -0.25) is 9.59 Å². The molecule has 0 radical (unpaired) electrons. The van der Waals surface area contributed by atoms with Crippen LogP contribution in [0.15, 0.2) is 105 Å². The van der Waals surface area contributed by atoms with E-state index in [1.54, 1.807) is 36.4 Å². The number of hydrogen-bond donors (Lipinski definition) is 2. The molecule has 2 aromatic heterocycles. The van der Waals surface area contributed by atoms with Gasteiger partial charge in [-0.05, 0) is 103 Å². The quantitative estimate of drug-likeness (QED) is 0.111. The zero-order valence-electron chi connectivity index (χ0n) is 24.9. The van der Waals surface area contributed by atoms with Crippen LogP contribution in [0.2, 0.25) is 0 Å². The second-order valence-corrected chi connectivity index (χ2v) is 10.8. The van der Waals surface area contributed by atoms with Crippen LogP contribution in [0.3, 0.4) is 0 Å². The number of benzene rings is 3. The topological polar surface area (TPSA) is 116 Å². The van der Waals surface area contributed by atoms with Crippen LogP contribution in [-0.2, 0) is 11.4 Å². The summed E-state index contributed by atoms with van der Waals surface area (Å²) in [7, 11) is 1.49. The van der Waals surface area contributed by atoms with Crippen molar-refractivity contribution in [2.75, 3.05) is 19.0 Å². The van der Waals surface area contributed by atoms with Crippen LogP contribution in [0.5, 0.6) is 17.2 Å². The molecule has 2 N–H and O–H groups in total. The number of nitrogens with one attached hydrogen (secondary N) is 2. The molecule has 0 bridgehead atoms. The van der Waals surface area contributed by atoms with Crippen LogP contribution < -0.4 is 25.0 Å². The molecule has 5 rings (SSSR count). The van der Waals surface area contributed by atoms with Gasteiger partial charge in [-0.25, -0.2) is 5.43 Å². The molecule has 45 heavy (non-hydrogen) atoms. The van der Waals surface area contributed by atoms with Crippen molar-refractivity contribution in [3.8, 4) is 22.9 Å². The lowest BCUT2D eigenvalue weighted by Crippen LogP contribution is -2.20. The molecular formula is C34H31BrN4O6. The summed E-state index contributed by atoms with van der Waals surface area (Å²) in [5, 5.41) is 6.80. The van der Waals surface area contributed by atoms with Crippen molar-refractivity contribution in [1.29, 1.82) is 0 Å². The predicted octanol–water partition coefficient (Wildman–Crippen LogP) is 6.82. The first-order chi connectivity index (χ1) is 21.8. The molecule has 0 aliphatic carbocycles. The minimum absolute atomic E-state index is 0.0915. The van der Waals surface area contributed by atoms with E-state index in [0.29, 0.717) is 38.7 Å². The molecule has 0 aliphatic rings.